The van der Waals surface area contributed by atoms with Gasteiger partial charge in [-0.05, 0) is 29.7 Å². The van der Waals surface area contributed by atoms with E-state index in [0.717, 1.165) is 23.0 Å². The summed E-state index contributed by atoms with van der Waals surface area (Å²) in [5.41, 5.74) is 4.59. The van der Waals surface area contributed by atoms with Crippen molar-refractivity contribution in [3.8, 4) is 0 Å². The van der Waals surface area contributed by atoms with E-state index in [0.29, 0.717) is 24.6 Å². The second kappa shape index (κ2) is 7.31. The molecule has 5 rings (SSSR count). The molecule has 142 valence electrons. The first-order chi connectivity index (χ1) is 14.3. The first-order valence-electron chi connectivity index (χ1n) is 9.57. The zero-order valence-corrected chi connectivity index (χ0v) is 15.7. The van der Waals surface area contributed by atoms with Crippen LogP contribution in [0.25, 0.3) is 10.9 Å². The lowest BCUT2D eigenvalue weighted by atomic mass is 10.00. The number of para-hydroxylation sites is 1. The summed E-state index contributed by atoms with van der Waals surface area (Å²) in [6.07, 6.45) is 4.04. The smallest absolute Gasteiger partial charge is 0.272 e. The van der Waals surface area contributed by atoms with Crippen molar-refractivity contribution in [1.82, 2.24) is 19.9 Å². The van der Waals surface area contributed by atoms with Crippen molar-refractivity contribution in [3.05, 3.63) is 90.0 Å². The van der Waals surface area contributed by atoms with Gasteiger partial charge in [0.1, 0.15) is 17.8 Å². The Morgan fingerprint density at radius 2 is 1.79 bits per heavy atom. The van der Waals surface area contributed by atoms with Crippen LogP contribution in [0.1, 0.15) is 21.6 Å². The standard InChI is InChI=1S/C23H19N5O/c29-23(28-12-10-16-5-1-2-6-18(16)14-28)20-13-21(26-15-25-20)27-19-9-3-7-17-8-4-11-24-22(17)19/h1-9,11,13,15H,10,12,14H2,(H,25,26,27). The van der Waals surface area contributed by atoms with E-state index in [1.807, 2.05) is 47.4 Å². The average Bonchev–Trinajstić information content (AvgIpc) is 2.79. The number of nitrogens with one attached hydrogen (secondary N) is 1. The van der Waals surface area contributed by atoms with E-state index >= 15 is 0 Å². The van der Waals surface area contributed by atoms with Gasteiger partial charge in [0.05, 0.1) is 11.2 Å². The Balaban J connectivity index is 1.39. The molecule has 0 radical (unpaired) electrons. The molecular formula is C23H19N5O. The van der Waals surface area contributed by atoms with Crippen LogP contribution >= 0.6 is 0 Å². The molecule has 2 aromatic carbocycles. The third-order valence-corrected chi connectivity index (χ3v) is 5.20. The molecule has 29 heavy (non-hydrogen) atoms. The zero-order valence-electron chi connectivity index (χ0n) is 15.7. The van der Waals surface area contributed by atoms with Gasteiger partial charge in [0, 0.05) is 30.7 Å². The van der Waals surface area contributed by atoms with Gasteiger partial charge in [-0.2, -0.15) is 0 Å². The predicted octanol–water partition coefficient (Wildman–Crippen LogP) is 3.97. The van der Waals surface area contributed by atoms with Crippen LogP contribution in [0, 0.1) is 0 Å². The number of carbonyl (C=O) groups excluding carboxylic acids is 1. The summed E-state index contributed by atoms with van der Waals surface area (Å²) in [6, 6.07) is 19.8. The average molecular weight is 381 g/mol. The number of rotatable bonds is 3. The summed E-state index contributed by atoms with van der Waals surface area (Å²) in [4.78, 5) is 27.8. The number of benzene rings is 2. The number of hydrogen-bond acceptors (Lipinski definition) is 5. The molecule has 0 bridgehead atoms. The number of hydrogen-bond donors (Lipinski definition) is 1. The Kier molecular flexibility index (Phi) is 4.37. The van der Waals surface area contributed by atoms with Crippen molar-refractivity contribution in [2.24, 2.45) is 0 Å². The highest BCUT2D eigenvalue weighted by atomic mass is 16.2. The summed E-state index contributed by atoms with van der Waals surface area (Å²) in [5.74, 6) is 0.486. The van der Waals surface area contributed by atoms with Gasteiger partial charge in [0.15, 0.2) is 0 Å². The second-order valence-corrected chi connectivity index (χ2v) is 7.04. The van der Waals surface area contributed by atoms with Gasteiger partial charge < -0.3 is 10.2 Å². The van der Waals surface area contributed by atoms with E-state index in [4.69, 9.17) is 0 Å². The number of pyridine rings is 1. The SMILES string of the molecule is O=C(c1cc(Nc2cccc3cccnc23)ncn1)N1CCc2ccccc2C1. The van der Waals surface area contributed by atoms with Gasteiger partial charge in [0.25, 0.3) is 5.91 Å². The van der Waals surface area contributed by atoms with E-state index < -0.39 is 0 Å². The molecule has 4 aromatic rings. The van der Waals surface area contributed by atoms with Crippen molar-refractivity contribution in [2.75, 3.05) is 11.9 Å². The number of nitrogens with zero attached hydrogens (tertiary/aromatic N) is 4. The summed E-state index contributed by atoms with van der Waals surface area (Å²) in [7, 11) is 0. The maximum absolute atomic E-state index is 13.0. The van der Waals surface area contributed by atoms with Crippen molar-refractivity contribution in [1.29, 1.82) is 0 Å². The number of amides is 1. The van der Waals surface area contributed by atoms with E-state index in [2.05, 4.69) is 32.4 Å². The maximum Gasteiger partial charge on any atom is 0.272 e. The zero-order chi connectivity index (χ0) is 19.6. The third-order valence-electron chi connectivity index (χ3n) is 5.20. The van der Waals surface area contributed by atoms with Crippen LogP contribution in [0.2, 0.25) is 0 Å². The van der Waals surface area contributed by atoms with E-state index in [9.17, 15) is 4.79 Å². The van der Waals surface area contributed by atoms with Gasteiger partial charge in [0.2, 0.25) is 0 Å². The Morgan fingerprint density at radius 3 is 2.72 bits per heavy atom. The highest BCUT2D eigenvalue weighted by Crippen LogP contribution is 2.24. The summed E-state index contributed by atoms with van der Waals surface area (Å²) < 4.78 is 0. The van der Waals surface area contributed by atoms with Gasteiger partial charge in [-0.25, -0.2) is 9.97 Å². The molecule has 0 unspecified atom stereocenters. The van der Waals surface area contributed by atoms with Crippen molar-refractivity contribution < 1.29 is 4.79 Å². The van der Waals surface area contributed by atoms with Gasteiger partial charge in [-0.1, -0.05) is 42.5 Å². The minimum Gasteiger partial charge on any atom is -0.338 e. The van der Waals surface area contributed by atoms with Crippen LogP contribution < -0.4 is 5.32 Å². The lowest BCUT2D eigenvalue weighted by Crippen LogP contribution is -2.36. The number of carbonyl (C=O) groups is 1. The Hall–Kier alpha value is -3.80. The first-order valence-corrected chi connectivity index (χ1v) is 9.57. The van der Waals surface area contributed by atoms with Gasteiger partial charge in [-0.15, -0.1) is 0 Å². The molecule has 2 aromatic heterocycles. The molecule has 1 aliphatic heterocycles. The van der Waals surface area contributed by atoms with Crippen LogP contribution in [-0.2, 0) is 13.0 Å². The summed E-state index contributed by atoms with van der Waals surface area (Å²) >= 11 is 0. The molecule has 6 nitrogen and oxygen atoms in total. The molecule has 0 spiro atoms. The van der Waals surface area contributed by atoms with Gasteiger partial charge in [-0.3, -0.25) is 9.78 Å². The van der Waals surface area contributed by atoms with E-state index in [-0.39, 0.29) is 5.91 Å². The first kappa shape index (κ1) is 17.3. The highest BCUT2D eigenvalue weighted by molar-refractivity contribution is 5.94. The Labute approximate surface area is 168 Å². The number of fused-ring (bicyclic) bond motifs is 2. The van der Waals surface area contributed by atoms with Crippen LogP contribution in [-0.4, -0.2) is 32.3 Å². The van der Waals surface area contributed by atoms with Crippen molar-refractivity contribution in [2.45, 2.75) is 13.0 Å². The second-order valence-electron chi connectivity index (χ2n) is 7.04. The van der Waals surface area contributed by atoms with Crippen LogP contribution in [0.15, 0.2) is 73.2 Å². The molecule has 3 heterocycles. The Bertz CT molecular complexity index is 1200. The number of anilines is 2. The number of aromatic nitrogens is 3. The summed E-state index contributed by atoms with van der Waals surface area (Å²) in [5, 5.41) is 4.31. The van der Waals surface area contributed by atoms with Crippen molar-refractivity contribution in [3.63, 3.8) is 0 Å². The highest BCUT2D eigenvalue weighted by Gasteiger charge is 2.22. The largest absolute Gasteiger partial charge is 0.338 e. The molecule has 1 amide bonds. The normalized spacial score (nSPS) is 13.2. The molecule has 0 saturated carbocycles. The molecule has 0 aliphatic carbocycles. The van der Waals surface area contributed by atoms with Crippen LogP contribution in [0.5, 0.6) is 0 Å². The van der Waals surface area contributed by atoms with Crippen LogP contribution in [0.3, 0.4) is 0 Å². The fourth-order valence-corrected chi connectivity index (χ4v) is 3.72. The fraction of sp³-hybridized carbons (Fsp3) is 0.130. The lowest BCUT2D eigenvalue weighted by molar-refractivity contribution is 0.0728. The molecule has 1 aliphatic rings. The van der Waals surface area contributed by atoms with E-state index in [1.54, 1.807) is 12.3 Å². The summed E-state index contributed by atoms with van der Waals surface area (Å²) in [6.45, 7) is 1.30. The topological polar surface area (TPSA) is 71.0 Å². The fourth-order valence-electron chi connectivity index (χ4n) is 3.72. The molecular weight excluding hydrogens is 362 g/mol. The van der Waals surface area contributed by atoms with E-state index in [1.165, 1.54) is 17.5 Å². The lowest BCUT2D eigenvalue weighted by Gasteiger charge is -2.28. The minimum absolute atomic E-state index is 0.0824. The predicted molar refractivity (Wildman–Crippen MR) is 112 cm³/mol. The monoisotopic (exact) mass is 381 g/mol. The molecule has 0 fully saturated rings. The van der Waals surface area contributed by atoms with Crippen molar-refractivity contribution >= 4 is 28.3 Å². The maximum atomic E-state index is 13.0. The molecule has 6 heteroatoms. The molecule has 0 atom stereocenters. The molecule has 0 saturated heterocycles. The van der Waals surface area contributed by atoms with Gasteiger partial charge >= 0.3 is 0 Å². The quantitative estimate of drug-likeness (QED) is 0.581. The van der Waals surface area contributed by atoms with Crippen LogP contribution in [0.4, 0.5) is 11.5 Å². The third kappa shape index (κ3) is 3.40. The molecule has 1 N–H and O–H groups in total. The minimum atomic E-state index is -0.0824. The Morgan fingerprint density at radius 1 is 0.931 bits per heavy atom.